The van der Waals surface area contributed by atoms with Gasteiger partial charge in [0.1, 0.15) is 4.60 Å². The molecule has 3 nitrogen and oxygen atoms in total. The van der Waals surface area contributed by atoms with Crippen LogP contribution in [0.25, 0.3) is 0 Å². The second kappa shape index (κ2) is 2.87. The highest BCUT2D eigenvalue weighted by atomic mass is 79.9. The number of nitrogens with two attached hydrogens (primary N) is 1. The molecule has 11 heavy (non-hydrogen) atoms. The van der Waals surface area contributed by atoms with E-state index in [1.165, 1.54) is 0 Å². The van der Waals surface area contributed by atoms with Gasteiger partial charge in [0.15, 0.2) is 0 Å². The maximum absolute atomic E-state index is 5.79. The number of halogens is 1. The van der Waals surface area contributed by atoms with Crippen molar-refractivity contribution < 1.29 is 0 Å². The first-order valence-electron chi connectivity index (χ1n) is 3.27. The van der Waals surface area contributed by atoms with Gasteiger partial charge in [-0.3, -0.25) is 4.98 Å². The molecule has 60 valence electrons. The molecule has 0 bridgehead atoms. The molecule has 1 rings (SSSR count). The van der Waals surface area contributed by atoms with Gasteiger partial charge in [-0.1, -0.05) is 0 Å². The Morgan fingerprint density at radius 2 is 2.00 bits per heavy atom. The van der Waals surface area contributed by atoms with Gasteiger partial charge in [0.05, 0.1) is 23.6 Å². The molecule has 1 aromatic rings. The fourth-order valence-electron chi connectivity index (χ4n) is 0.645. The molecule has 1 heterocycles. The molecule has 0 amide bonds. The molecule has 0 saturated carbocycles. The van der Waals surface area contributed by atoms with Crippen LogP contribution in [-0.4, -0.2) is 9.97 Å². The second-order valence-corrected chi connectivity index (χ2v) is 3.76. The number of hydrogen-bond donors (Lipinski definition) is 1. The third-order valence-electron chi connectivity index (χ3n) is 1.28. The first-order chi connectivity index (χ1) is 5.00. The summed E-state index contributed by atoms with van der Waals surface area (Å²) in [5.41, 5.74) is 6.17. The van der Waals surface area contributed by atoms with E-state index < -0.39 is 5.54 Å². The van der Waals surface area contributed by atoms with Crippen molar-refractivity contribution >= 4 is 15.9 Å². The Kier molecular flexibility index (Phi) is 2.25. The average Bonchev–Trinajstić information content (AvgIpc) is 1.86. The van der Waals surface area contributed by atoms with Gasteiger partial charge in [-0.25, -0.2) is 4.98 Å². The zero-order chi connectivity index (χ0) is 8.48. The molecule has 0 fully saturated rings. The molecule has 0 radical (unpaired) electrons. The zero-order valence-electron chi connectivity index (χ0n) is 6.50. The van der Waals surface area contributed by atoms with E-state index in [0.717, 1.165) is 10.3 Å². The van der Waals surface area contributed by atoms with E-state index in [9.17, 15) is 0 Å². The summed E-state index contributed by atoms with van der Waals surface area (Å²) >= 11 is 3.20. The lowest BCUT2D eigenvalue weighted by atomic mass is 10.0. The molecule has 0 saturated heterocycles. The lowest BCUT2D eigenvalue weighted by Crippen LogP contribution is -2.29. The first-order valence-corrected chi connectivity index (χ1v) is 4.06. The lowest BCUT2D eigenvalue weighted by Gasteiger charge is -2.16. The molecular weight excluding hydrogens is 206 g/mol. The Morgan fingerprint density at radius 3 is 2.36 bits per heavy atom. The molecular formula is C7H10BrN3. The van der Waals surface area contributed by atoms with Crippen LogP contribution in [0.1, 0.15) is 19.5 Å². The predicted molar refractivity (Wildman–Crippen MR) is 46.9 cm³/mol. The standard InChI is InChI=1S/C7H10BrN3/c1-7(2,9)5-3-11-6(8)4-10-5/h3-4H,9H2,1-2H3. The predicted octanol–water partition coefficient (Wildman–Crippen LogP) is 1.43. The maximum atomic E-state index is 5.79. The van der Waals surface area contributed by atoms with Crippen molar-refractivity contribution in [2.24, 2.45) is 5.73 Å². The molecule has 0 aliphatic rings. The summed E-state index contributed by atoms with van der Waals surface area (Å²) in [5.74, 6) is 0. The van der Waals surface area contributed by atoms with E-state index in [0.29, 0.717) is 0 Å². The molecule has 0 unspecified atom stereocenters. The van der Waals surface area contributed by atoms with Crippen molar-refractivity contribution in [3.63, 3.8) is 0 Å². The van der Waals surface area contributed by atoms with E-state index in [4.69, 9.17) is 5.73 Å². The highest BCUT2D eigenvalue weighted by Crippen LogP contribution is 2.13. The summed E-state index contributed by atoms with van der Waals surface area (Å²) in [5, 5.41) is 0. The minimum absolute atomic E-state index is 0.409. The van der Waals surface area contributed by atoms with Gasteiger partial charge in [0.25, 0.3) is 0 Å². The van der Waals surface area contributed by atoms with Gasteiger partial charge in [0, 0.05) is 0 Å². The van der Waals surface area contributed by atoms with Gasteiger partial charge < -0.3 is 5.73 Å². The first kappa shape index (κ1) is 8.62. The van der Waals surface area contributed by atoms with Crippen molar-refractivity contribution in [2.45, 2.75) is 19.4 Å². The van der Waals surface area contributed by atoms with Crippen LogP contribution in [0, 0.1) is 0 Å². The zero-order valence-corrected chi connectivity index (χ0v) is 8.09. The Balaban J connectivity index is 2.99. The fraction of sp³-hybridized carbons (Fsp3) is 0.429. The summed E-state index contributed by atoms with van der Waals surface area (Å²) in [6.45, 7) is 3.79. The third-order valence-corrected chi connectivity index (χ3v) is 1.69. The molecule has 0 aliphatic heterocycles. The van der Waals surface area contributed by atoms with Crippen molar-refractivity contribution in [2.75, 3.05) is 0 Å². The molecule has 1 aromatic heterocycles. The SMILES string of the molecule is CC(C)(N)c1cnc(Br)cn1. The van der Waals surface area contributed by atoms with Crippen LogP contribution in [0.3, 0.4) is 0 Å². The highest BCUT2D eigenvalue weighted by Gasteiger charge is 2.15. The maximum Gasteiger partial charge on any atom is 0.124 e. The van der Waals surface area contributed by atoms with E-state index in [2.05, 4.69) is 25.9 Å². The highest BCUT2D eigenvalue weighted by molar-refractivity contribution is 9.10. The van der Waals surface area contributed by atoms with Crippen LogP contribution in [-0.2, 0) is 5.54 Å². The molecule has 0 aliphatic carbocycles. The van der Waals surface area contributed by atoms with Crippen LogP contribution >= 0.6 is 15.9 Å². The third kappa shape index (κ3) is 2.24. The van der Waals surface area contributed by atoms with Crippen molar-refractivity contribution in [1.29, 1.82) is 0 Å². The van der Waals surface area contributed by atoms with Crippen LogP contribution in [0.4, 0.5) is 0 Å². The van der Waals surface area contributed by atoms with Gasteiger partial charge in [-0.2, -0.15) is 0 Å². The Labute approximate surface area is 74.2 Å². The molecule has 4 heteroatoms. The fourth-order valence-corrected chi connectivity index (χ4v) is 0.850. The minimum atomic E-state index is -0.409. The Hall–Kier alpha value is -0.480. The molecule has 2 N–H and O–H groups in total. The van der Waals surface area contributed by atoms with E-state index >= 15 is 0 Å². The molecule has 0 aromatic carbocycles. The summed E-state index contributed by atoms with van der Waals surface area (Å²) in [6, 6.07) is 0. The van der Waals surface area contributed by atoms with Gasteiger partial charge in [0.2, 0.25) is 0 Å². The smallest absolute Gasteiger partial charge is 0.124 e. The monoisotopic (exact) mass is 215 g/mol. The molecule has 0 atom stereocenters. The Bertz CT molecular complexity index is 237. The van der Waals surface area contributed by atoms with Gasteiger partial charge >= 0.3 is 0 Å². The van der Waals surface area contributed by atoms with E-state index in [-0.39, 0.29) is 0 Å². The van der Waals surface area contributed by atoms with Crippen LogP contribution in [0.2, 0.25) is 0 Å². The largest absolute Gasteiger partial charge is 0.321 e. The van der Waals surface area contributed by atoms with Gasteiger partial charge in [-0.15, -0.1) is 0 Å². The minimum Gasteiger partial charge on any atom is -0.321 e. The van der Waals surface area contributed by atoms with Crippen LogP contribution < -0.4 is 5.73 Å². The number of rotatable bonds is 1. The van der Waals surface area contributed by atoms with Gasteiger partial charge in [-0.05, 0) is 29.8 Å². The van der Waals surface area contributed by atoms with Crippen molar-refractivity contribution in [3.8, 4) is 0 Å². The second-order valence-electron chi connectivity index (χ2n) is 2.95. The van der Waals surface area contributed by atoms with Crippen LogP contribution in [0.5, 0.6) is 0 Å². The van der Waals surface area contributed by atoms with Crippen molar-refractivity contribution in [3.05, 3.63) is 22.7 Å². The lowest BCUT2D eigenvalue weighted by molar-refractivity contribution is 0.531. The topological polar surface area (TPSA) is 51.8 Å². The molecule has 0 spiro atoms. The average molecular weight is 216 g/mol. The van der Waals surface area contributed by atoms with Crippen LogP contribution in [0.15, 0.2) is 17.0 Å². The normalized spacial score (nSPS) is 11.6. The summed E-state index contributed by atoms with van der Waals surface area (Å²) in [6.07, 6.45) is 3.31. The Morgan fingerprint density at radius 1 is 1.36 bits per heavy atom. The van der Waals surface area contributed by atoms with E-state index in [1.807, 2.05) is 13.8 Å². The number of aromatic nitrogens is 2. The summed E-state index contributed by atoms with van der Waals surface area (Å²) in [4.78, 5) is 8.13. The quantitative estimate of drug-likeness (QED) is 0.772. The van der Waals surface area contributed by atoms with E-state index in [1.54, 1.807) is 12.4 Å². The number of nitrogens with zero attached hydrogens (tertiary/aromatic N) is 2. The summed E-state index contributed by atoms with van der Waals surface area (Å²) < 4.78 is 0.727. The number of hydrogen-bond acceptors (Lipinski definition) is 3. The summed E-state index contributed by atoms with van der Waals surface area (Å²) in [7, 11) is 0. The van der Waals surface area contributed by atoms with Crippen molar-refractivity contribution in [1.82, 2.24) is 9.97 Å².